The standard InChI is InChI=1S/C21H27N3O7S/c1-2-30-19-6-8-21(9-7-19)32(28,29)23-12-10-22(11-13-23)15-18(25)16-31-20-5-3-4-17(14-20)24(26)27/h3-9,14,18,25H,2,10-13,15-16H2,1H3/t18-/m0/s1. The molecule has 0 amide bonds. The van der Waals surface area contributed by atoms with Gasteiger partial charge in [-0.2, -0.15) is 4.31 Å². The van der Waals surface area contributed by atoms with E-state index >= 15 is 0 Å². The normalized spacial score (nSPS) is 16.4. The van der Waals surface area contributed by atoms with Gasteiger partial charge in [-0.15, -0.1) is 0 Å². The van der Waals surface area contributed by atoms with Crippen molar-refractivity contribution in [1.29, 1.82) is 0 Å². The number of aliphatic hydroxyl groups is 1. The number of β-amino-alcohol motifs (C(OH)–C–C–N with tert-alkyl or cyclic N) is 1. The van der Waals surface area contributed by atoms with Crippen LogP contribution in [0.2, 0.25) is 0 Å². The average molecular weight is 466 g/mol. The molecule has 2 aromatic rings. The molecule has 0 radical (unpaired) electrons. The number of hydrogen-bond donors (Lipinski definition) is 1. The summed E-state index contributed by atoms with van der Waals surface area (Å²) in [6, 6.07) is 12.1. The van der Waals surface area contributed by atoms with Gasteiger partial charge in [-0.1, -0.05) is 6.07 Å². The summed E-state index contributed by atoms with van der Waals surface area (Å²) in [6.07, 6.45) is -0.816. The number of nitrogens with zero attached hydrogens (tertiary/aromatic N) is 3. The van der Waals surface area contributed by atoms with Crippen molar-refractivity contribution in [3.63, 3.8) is 0 Å². The first kappa shape index (κ1) is 23.9. The quantitative estimate of drug-likeness (QED) is 0.416. The Labute approximate surface area is 187 Å². The topological polar surface area (TPSA) is 122 Å². The van der Waals surface area contributed by atoms with Gasteiger partial charge in [0.15, 0.2) is 0 Å². The van der Waals surface area contributed by atoms with Gasteiger partial charge < -0.3 is 14.6 Å². The first-order valence-corrected chi connectivity index (χ1v) is 11.7. The van der Waals surface area contributed by atoms with E-state index in [0.29, 0.717) is 50.8 Å². The molecular weight excluding hydrogens is 438 g/mol. The highest BCUT2D eigenvalue weighted by Crippen LogP contribution is 2.22. The molecule has 1 fully saturated rings. The molecule has 1 heterocycles. The summed E-state index contributed by atoms with van der Waals surface area (Å²) in [4.78, 5) is 12.5. The molecule has 1 aliphatic rings. The van der Waals surface area contributed by atoms with E-state index in [1.807, 2.05) is 11.8 Å². The predicted molar refractivity (Wildman–Crippen MR) is 117 cm³/mol. The van der Waals surface area contributed by atoms with Crippen LogP contribution in [-0.4, -0.2) is 79.7 Å². The number of aliphatic hydroxyl groups excluding tert-OH is 1. The van der Waals surface area contributed by atoms with Crippen molar-refractivity contribution in [1.82, 2.24) is 9.21 Å². The second-order valence-corrected chi connectivity index (χ2v) is 9.27. The van der Waals surface area contributed by atoms with Crippen LogP contribution in [0.1, 0.15) is 6.92 Å². The molecule has 10 nitrogen and oxygen atoms in total. The monoisotopic (exact) mass is 465 g/mol. The van der Waals surface area contributed by atoms with Crippen molar-refractivity contribution in [2.24, 2.45) is 0 Å². The van der Waals surface area contributed by atoms with Crippen LogP contribution in [0.15, 0.2) is 53.4 Å². The predicted octanol–water partition coefficient (Wildman–Crippen LogP) is 1.74. The molecule has 0 bridgehead atoms. The Morgan fingerprint density at radius 3 is 2.38 bits per heavy atom. The third-order valence-corrected chi connectivity index (χ3v) is 6.96. The van der Waals surface area contributed by atoms with Gasteiger partial charge in [0.2, 0.25) is 10.0 Å². The minimum absolute atomic E-state index is 0.0220. The fourth-order valence-electron chi connectivity index (χ4n) is 3.41. The molecule has 32 heavy (non-hydrogen) atoms. The van der Waals surface area contributed by atoms with Crippen molar-refractivity contribution in [2.45, 2.75) is 17.9 Å². The maximum atomic E-state index is 12.9. The number of nitro groups is 1. The van der Waals surface area contributed by atoms with E-state index in [1.54, 1.807) is 30.3 Å². The maximum Gasteiger partial charge on any atom is 0.273 e. The van der Waals surface area contributed by atoms with E-state index in [-0.39, 0.29) is 17.2 Å². The summed E-state index contributed by atoms with van der Waals surface area (Å²) in [5.74, 6) is 0.933. The van der Waals surface area contributed by atoms with Crippen LogP contribution in [0.25, 0.3) is 0 Å². The van der Waals surface area contributed by atoms with Gasteiger partial charge in [0.1, 0.15) is 24.2 Å². The average Bonchev–Trinajstić information content (AvgIpc) is 2.79. The van der Waals surface area contributed by atoms with E-state index in [4.69, 9.17) is 9.47 Å². The molecule has 0 aliphatic carbocycles. The number of sulfonamides is 1. The molecule has 0 unspecified atom stereocenters. The van der Waals surface area contributed by atoms with Crippen LogP contribution in [0.5, 0.6) is 11.5 Å². The lowest BCUT2D eigenvalue weighted by molar-refractivity contribution is -0.384. The molecular formula is C21H27N3O7S. The van der Waals surface area contributed by atoms with Crippen molar-refractivity contribution >= 4 is 15.7 Å². The second kappa shape index (κ2) is 10.7. The Morgan fingerprint density at radius 1 is 1.06 bits per heavy atom. The molecule has 1 N–H and O–H groups in total. The maximum absolute atomic E-state index is 12.9. The lowest BCUT2D eigenvalue weighted by Crippen LogP contribution is -2.50. The Morgan fingerprint density at radius 2 is 1.75 bits per heavy atom. The minimum atomic E-state index is -3.59. The number of non-ortho nitro benzene ring substituents is 1. The third-order valence-electron chi connectivity index (χ3n) is 5.04. The zero-order chi connectivity index (χ0) is 23.1. The van der Waals surface area contributed by atoms with E-state index in [0.717, 1.165) is 0 Å². The fraction of sp³-hybridized carbons (Fsp3) is 0.429. The Balaban J connectivity index is 1.47. The van der Waals surface area contributed by atoms with Gasteiger partial charge in [0, 0.05) is 38.8 Å². The van der Waals surface area contributed by atoms with E-state index in [2.05, 4.69) is 0 Å². The summed E-state index contributed by atoms with van der Waals surface area (Å²) in [6.45, 7) is 4.24. The number of ether oxygens (including phenoxy) is 2. The summed E-state index contributed by atoms with van der Waals surface area (Å²) >= 11 is 0. The van der Waals surface area contributed by atoms with E-state index < -0.39 is 21.1 Å². The van der Waals surface area contributed by atoms with Crippen molar-refractivity contribution in [2.75, 3.05) is 45.9 Å². The van der Waals surface area contributed by atoms with Crippen molar-refractivity contribution in [3.05, 3.63) is 58.6 Å². The first-order chi connectivity index (χ1) is 15.3. The molecule has 1 aliphatic heterocycles. The van der Waals surface area contributed by atoms with Gasteiger partial charge in [-0.05, 0) is 37.3 Å². The fourth-order valence-corrected chi connectivity index (χ4v) is 4.83. The Hall–Kier alpha value is -2.73. The summed E-state index contributed by atoms with van der Waals surface area (Å²) in [5, 5.41) is 21.1. The molecule has 1 saturated heterocycles. The summed E-state index contributed by atoms with van der Waals surface area (Å²) in [5.41, 5.74) is -0.0816. The molecule has 0 saturated carbocycles. The number of benzene rings is 2. The number of piperazine rings is 1. The summed E-state index contributed by atoms with van der Waals surface area (Å²) in [7, 11) is -3.59. The van der Waals surface area contributed by atoms with Gasteiger partial charge in [0.05, 0.1) is 22.5 Å². The molecule has 174 valence electrons. The van der Waals surface area contributed by atoms with Crippen LogP contribution in [0, 0.1) is 10.1 Å². The van der Waals surface area contributed by atoms with Crippen LogP contribution in [0.4, 0.5) is 5.69 Å². The lowest BCUT2D eigenvalue weighted by atomic mass is 10.3. The highest BCUT2D eigenvalue weighted by Gasteiger charge is 2.29. The van der Waals surface area contributed by atoms with Gasteiger partial charge >= 0.3 is 0 Å². The van der Waals surface area contributed by atoms with Crippen LogP contribution < -0.4 is 9.47 Å². The molecule has 1 atom stereocenters. The summed E-state index contributed by atoms with van der Waals surface area (Å²) < 4.78 is 38.0. The van der Waals surface area contributed by atoms with Gasteiger partial charge in [-0.3, -0.25) is 15.0 Å². The van der Waals surface area contributed by atoms with E-state index in [1.165, 1.54) is 22.5 Å². The molecule has 0 spiro atoms. The van der Waals surface area contributed by atoms with Crippen LogP contribution in [0.3, 0.4) is 0 Å². The minimum Gasteiger partial charge on any atom is -0.494 e. The number of rotatable bonds is 10. The van der Waals surface area contributed by atoms with Crippen molar-refractivity contribution in [3.8, 4) is 11.5 Å². The van der Waals surface area contributed by atoms with Gasteiger partial charge in [0.25, 0.3) is 5.69 Å². The van der Waals surface area contributed by atoms with Gasteiger partial charge in [-0.25, -0.2) is 8.42 Å². The number of hydrogen-bond acceptors (Lipinski definition) is 8. The lowest BCUT2D eigenvalue weighted by Gasteiger charge is -2.34. The Kier molecular flexibility index (Phi) is 8.02. The first-order valence-electron chi connectivity index (χ1n) is 10.3. The highest BCUT2D eigenvalue weighted by molar-refractivity contribution is 7.89. The molecule has 2 aromatic carbocycles. The zero-order valence-corrected chi connectivity index (χ0v) is 18.6. The Bertz CT molecular complexity index is 1010. The third kappa shape index (κ3) is 6.16. The second-order valence-electron chi connectivity index (χ2n) is 7.33. The molecule has 0 aromatic heterocycles. The largest absolute Gasteiger partial charge is 0.494 e. The highest BCUT2D eigenvalue weighted by atomic mass is 32.2. The smallest absolute Gasteiger partial charge is 0.273 e. The van der Waals surface area contributed by atoms with Crippen LogP contribution in [-0.2, 0) is 10.0 Å². The number of nitro benzene ring substituents is 1. The van der Waals surface area contributed by atoms with E-state index in [9.17, 15) is 23.6 Å². The molecule has 3 rings (SSSR count). The van der Waals surface area contributed by atoms with Crippen LogP contribution >= 0.6 is 0 Å². The SMILES string of the molecule is CCOc1ccc(S(=O)(=O)N2CCN(C[C@H](O)COc3cccc([N+](=O)[O-])c3)CC2)cc1. The molecule has 11 heteroatoms. The van der Waals surface area contributed by atoms with Crippen molar-refractivity contribution < 1.29 is 27.9 Å². The zero-order valence-electron chi connectivity index (χ0n) is 17.8.